The highest BCUT2D eigenvalue weighted by atomic mass is 35.5. The summed E-state index contributed by atoms with van der Waals surface area (Å²) in [6.45, 7) is 2.12. The van der Waals surface area contributed by atoms with Crippen LogP contribution in [0.2, 0.25) is 0 Å². The van der Waals surface area contributed by atoms with Gasteiger partial charge in [-0.05, 0) is 36.6 Å². The molecule has 0 aliphatic rings. The first-order chi connectivity index (χ1) is 7.58. The fourth-order valence-electron chi connectivity index (χ4n) is 1.64. The number of nitrogens with one attached hydrogen (secondary N) is 1. The summed E-state index contributed by atoms with van der Waals surface area (Å²) in [5.74, 6) is -0.592. The second kappa shape index (κ2) is 7.25. The molecule has 0 aromatic heterocycles. The number of nitrogens with two attached hydrogens (primary N) is 1. The van der Waals surface area contributed by atoms with Crippen molar-refractivity contribution in [1.82, 2.24) is 5.32 Å². The lowest BCUT2D eigenvalue weighted by Crippen LogP contribution is -2.34. The van der Waals surface area contributed by atoms with Crippen molar-refractivity contribution in [3.8, 4) is 0 Å². The van der Waals surface area contributed by atoms with Gasteiger partial charge in [-0.25, -0.2) is 4.39 Å². The maximum Gasteiger partial charge on any atom is 0.224 e. The third-order valence-corrected chi connectivity index (χ3v) is 2.67. The summed E-state index contributed by atoms with van der Waals surface area (Å²) < 4.78 is 12.9. The van der Waals surface area contributed by atoms with E-state index < -0.39 is 0 Å². The molecule has 0 fully saturated rings. The molecule has 1 unspecified atom stereocenters. The molecule has 0 aliphatic heterocycles. The van der Waals surface area contributed by atoms with Crippen molar-refractivity contribution in [3.05, 3.63) is 35.1 Å². The molecule has 0 aliphatic carbocycles. The van der Waals surface area contributed by atoms with Crippen LogP contribution in [-0.2, 0) is 11.2 Å². The number of halogens is 2. The van der Waals surface area contributed by atoms with E-state index in [2.05, 4.69) is 5.32 Å². The molecule has 0 bridgehead atoms. The number of aryl methyl sites for hydroxylation is 1. The third kappa shape index (κ3) is 4.32. The molecular formula is C12H18ClFN2O. The van der Waals surface area contributed by atoms with Crippen LogP contribution in [0.25, 0.3) is 0 Å². The van der Waals surface area contributed by atoms with Crippen LogP contribution in [0.4, 0.5) is 4.39 Å². The molecule has 1 amide bonds. The SMILES string of the molecule is CNC(=O)C(CN)Cc1ccc(F)cc1C.Cl. The number of rotatable bonds is 4. The monoisotopic (exact) mass is 260 g/mol. The zero-order chi connectivity index (χ0) is 12.1. The molecule has 1 aromatic carbocycles. The Hall–Kier alpha value is -1.13. The van der Waals surface area contributed by atoms with Gasteiger partial charge in [-0.15, -0.1) is 12.4 Å². The first-order valence-corrected chi connectivity index (χ1v) is 5.25. The van der Waals surface area contributed by atoms with Gasteiger partial charge in [0.15, 0.2) is 0 Å². The molecule has 5 heteroatoms. The zero-order valence-corrected chi connectivity index (χ0v) is 10.8. The summed E-state index contributed by atoms with van der Waals surface area (Å²) >= 11 is 0. The highest BCUT2D eigenvalue weighted by molar-refractivity contribution is 5.85. The minimum absolute atomic E-state index is 0. The summed E-state index contributed by atoms with van der Waals surface area (Å²) in [6, 6.07) is 4.57. The van der Waals surface area contributed by atoms with Gasteiger partial charge in [-0.3, -0.25) is 4.79 Å². The fraction of sp³-hybridized carbons (Fsp3) is 0.417. The molecule has 3 N–H and O–H groups in total. The molecule has 1 aromatic rings. The minimum Gasteiger partial charge on any atom is -0.359 e. The van der Waals surface area contributed by atoms with E-state index in [1.165, 1.54) is 12.1 Å². The van der Waals surface area contributed by atoms with Gasteiger partial charge >= 0.3 is 0 Å². The Morgan fingerprint density at radius 2 is 2.18 bits per heavy atom. The Bertz CT molecular complexity index is 385. The fourth-order valence-corrected chi connectivity index (χ4v) is 1.64. The van der Waals surface area contributed by atoms with Crippen LogP contribution in [0, 0.1) is 18.7 Å². The van der Waals surface area contributed by atoms with Crippen LogP contribution in [0.1, 0.15) is 11.1 Å². The molecule has 0 saturated heterocycles. The van der Waals surface area contributed by atoms with Crippen LogP contribution in [0.15, 0.2) is 18.2 Å². The Kier molecular flexibility index (Phi) is 6.76. The lowest BCUT2D eigenvalue weighted by Gasteiger charge is -2.14. The van der Waals surface area contributed by atoms with E-state index in [9.17, 15) is 9.18 Å². The van der Waals surface area contributed by atoms with Gasteiger partial charge in [-0.1, -0.05) is 6.07 Å². The lowest BCUT2D eigenvalue weighted by molar-refractivity contribution is -0.124. The van der Waals surface area contributed by atoms with Gasteiger partial charge < -0.3 is 11.1 Å². The van der Waals surface area contributed by atoms with E-state index in [4.69, 9.17) is 5.73 Å². The Labute approximate surface area is 107 Å². The van der Waals surface area contributed by atoms with Crippen molar-refractivity contribution in [1.29, 1.82) is 0 Å². The molecule has 0 saturated carbocycles. The van der Waals surface area contributed by atoms with Gasteiger partial charge in [0.1, 0.15) is 5.82 Å². The van der Waals surface area contributed by atoms with E-state index in [1.807, 2.05) is 6.92 Å². The van der Waals surface area contributed by atoms with E-state index in [-0.39, 0.29) is 36.6 Å². The maximum atomic E-state index is 12.9. The third-order valence-electron chi connectivity index (χ3n) is 2.67. The summed E-state index contributed by atoms with van der Waals surface area (Å²) in [6.07, 6.45) is 0.544. The average molecular weight is 261 g/mol. The average Bonchev–Trinajstić information content (AvgIpc) is 2.27. The van der Waals surface area contributed by atoms with E-state index in [0.29, 0.717) is 6.42 Å². The predicted molar refractivity (Wildman–Crippen MR) is 68.7 cm³/mol. The van der Waals surface area contributed by atoms with E-state index in [0.717, 1.165) is 11.1 Å². The van der Waals surface area contributed by atoms with Crippen LogP contribution in [0.3, 0.4) is 0 Å². The molecule has 1 atom stereocenters. The number of benzene rings is 1. The number of amides is 1. The topological polar surface area (TPSA) is 55.1 Å². The minimum atomic E-state index is -0.259. The van der Waals surface area contributed by atoms with Crippen molar-refractivity contribution >= 4 is 18.3 Å². The molecule has 96 valence electrons. The first kappa shape index (κ1) is 15.9. The van der Waals surface area contributed by atoms with Crippen LogP contribution in [0.5, 0.6) is 0 Å². The molecule has 0 heterocycles. The standard InChI is InChI=1S/C12H17FN2O.ClH/c1-8-5-11(13)4-3-9(8)6-10(7-14)12(16)15-2;/h3-5,10H,6-7,14H2,1-2H3,(H,15,16);1H. The van der Waals surface area contributed by atoms with Gasteiger partial charge in [0.25, 0.3) is 0 Å². The smallest absolute Gasteiger partial charge is 0.224 e. The largest absolute Gasteiger partial charge is 0.359 e. The van der Waals surface area contributed by atoms with Crippen LogP contribution < -0.4 is 11.1 Å². The molecule has 17 heavy (non-hydrogen) atoms. The molecule has 0 radical (unpaired) electrons. The second-order valence-electron chi connectivity index (χ2n) is 3.82. The van der Waals surface area contributed by atoms with Gasteiger partial charge in [-0.2, -0.15) is 0 Å². The number of hydrogen-bond donors (Lipinski definition) is 2. The van der Waals surface area contributed by atoms with Crippen molar-refractivity contribution < 1.29 is 9.18 Å². The highest BCUT2D eigenvalue weighted by Crippen LogP contribution is 2.14. The Morgan fingerprint density at radius 1 is 1.53 bits per heavy atom. The number of hydrogen-bond acceptors (Lipinski definition) is 2. The molecular weight excluding hydrogens is 243 g/mol. The van der Waals surface area contributed by atoms with Crippen LogP contribution in [-0.4, -0.2) is 19.5 Å². The first-order valence-electron chi connectivity index (χ1n) is 5.25. The van der Waals surface area contributed by atoms with Gasteiger partial charge in [0.05, 0.1) is 5.92 Å². The van der Waals surface area contributed by atoms with Crippen molar-refractivity contribution in [2.45, 2.75) is 13.3 Å². The molecule has 0 spiro atoms. The summed E-state index contributed by atoms with van der Waals surface area (Å²) in [7, 11) is 1.59. The lowest BCUT2D eigenvalue weighted by atomic mass is 9.95. The van der Waals surface area contributed by atoms with Gasteiger partial charge in [0.2, 0.25) is 5.91 Å². The van der Waals surface area contributed by atoms with Crippen molar-refractivity contribution in [2.75, 3.05) is 13.6 Å². The van der Waals surface area contributed by atoms with Crippen LogP contribution >= 0.6 is 12.4 Å². The molecule has 3 nitrogen and oxygen atoms in total. The Balaban J connectivity index is 0.00000256. The van der Waals surface area contributed by atoms with Crippen molar-refractivity contribution in [2.24, 2.45) is 11.7 Å². The second-order valence-corrected chi connectivity index (χ2v) is 3.82. The normalized spacial score (nSPS) is 11.5. The van der Waals surface area contributed by atoms with E-state index in [1.54, 1.807) is 13.1 Å². The quantitative estimate of drug-likeness (QED) is 0.860. The summed E-state index contributed by atoms with van der Waals surface area (Å²) in [4.78, 5) is 11.5. The summed E-state index contributed by atoms with van der Waals surface area (Å²) in [5, 5.41) is 2.57. The highest BCUT2D eigenvalue weighted by Gasteiger charge is 2.16. The number of carbonyl (C=O) groups excluding carboxylic acids is 1. The molecule has 1 rings (SSSR count). The predicted octanol–water partition coefficient (Wildman–Crippen LogP) is 1.42. The van der Waals surface area contributed by atoms with Crippen molar-refractivity contribution in [3.63, 3.8) is 0 Å². The number of carbonyl (C=O) groups is 1. The zero-order valence-electron chi connectivity index (χ0n) is 10.00. The van der Waals surface area contributed by atoms with Gasteiger partial charge in [0, 0.05) is 13.6 Å². The Morgan fingerprint density at radius 3 is 2.65 bits per heavy atom. The van der Waals surface area contributed by atoms with E-state index >= 15 is 0 Å². The summed E-state index contributed by atoms with van der Waals surface area (Å²) in [5.41, 5.74) is 7.35. The maximum absolute atomic E-state index is 12.9.